The molecule has 0 saturated carbocycles. The van der Waals surface area contributed by atoms with E-state index in [0.717, 1.165) is 51.4 Å². The first-order valence-electron chi connectivity index (χ1n) is 9.21. The fraction of sp³-hybridized carbons (Fsp3) is 0.632. The van der Waals surface area contributed by atoms with Gasteiger partial charge in [0.1, 0.15) is 11.6 Å². The van der Waals surface area contributed by atoms with E-state index in [1.54, 1.807) is 6.07 Å². The van der Waals surface area contributed by atoms with Crippen molar-refractivity contribution in [3.8, 4) is 5.75 Å². The van der Waals surface area contributed by atoms with Crippen molar-refractivity contribution in [3.05, 3.63) is 29.6 Å². The molecule has 2 fully saturated rings. The zero-order chi connectivity index (χ0) is 17.4. The van der Waals surface area contributed by atoms with Gasteiger partial charge in [0.15, 0.2) is 6.10 Å². The van der Waals surface area contributed by atoms with Crippen molar-refractivity contribution in [2.24, 2.45) is 5.92 Å². The Kier molecular flexibility index (Phi) is 4.65. The maximum absolute atomic E-state index is 13.4. The van der Waals surface area contributed by atoms with E-state index in [1.807, 2.05) is 4.90 Å². The van der Waals surface area contributed by atoms with Crippen LogP contribution in [0.5, 0.6) is 5.75 Å². The number of carbonyl (C=O) groups excluding carboxylic acids is 1. The normalized spacial score (nSPS) is 29.5. The maximum atomic E-state index is 13.4. The minimum atomic E-state index is -0.516. The van der Waals surface area contributed by atoms with Gasteiger partial charge in [-0.2, -0.15) is 0 Å². The van der Waals surface area contributed by atoms with Crippen LogP contribution in [0.4, 0.5) is 4.39 Å². The highest BCUT2D eigenvalue weighted by Gasteiger charge is 2.41. The first-order chi connectivity index (χ1) is 12.2. The lowest BCUT2D eigenvalue weighted by atomic mass is 9.99. The Labute approximate surface area is 147 Å². The molecule has 3 aliphatic rings. The molecule has 0 N–H and O–H groups in total. The van der Waals surface area contributed by atoms with Gasteiger partial charge in [0.2, 0.25) is 0 Å². The summed E-state index contributed by atoms with van der Waals surface area (Å²) in [4.78, 5) is 17.4. The lowest BCUT2D eigenvalue weighted by molar-refractivity contribution is -0.137. The molecule has 0 radical (unpaired) electrons. The molecule has 0 bridgehead atoms. The second-order valence-corrected chi connectivity index (χ2v) is 7.19. The second kappa shape index (κ2) is 6.92. The van der Waals surface area contributed by atoms with Crippen LogP contribution in [0.2, 0.25) is 0 Å². The first-order valence-corrected chi connectivity index (χ1v) is 9.21. The summed E-state index contributed by atoms with van der Waals surface area (Å²) in [5, 5.41) is 0. The Morgan fingerprint density at radius 3 is 2.84 bits per heavy atom. The summed E-state index contributed by atoms with van der Waals surface area (Å²) < 4.78 is 24.6. The minimum absolute atomic E-state index is 0.0332. The van der Waals surface area contributed by atoms with Gasteiger partial charge in [-0.25, -0.2) is 4.39 Å². The van der Waals surface area contributed by atoms with E-state index in [9.17, 15) is 9.18 Å². The number of fused-ring (bicyclic) bond motifs is 1. The molecule has 1 aromatic rings. The molecule has 4 rings (SSSR count). The second-order valence-electron chi connectivity index (χ2n) is 7.19. The number of hydrogen-bond acceptors (Lipinski definition) is 4. The smallest absolute Gasteiger partial charge is 0.264 e. The van der Waals surface area contributed by atoms with E-state index in [-0.39, 0.29) is 11.7 Å². The highest BCUT2D eigenvalue weighted by Crippen LogP contribution is 2.32. The Bertz CT molecular complexity index is 648. The molecule has 6 heteroatoms. The number of halogens is 1. The monoisotopic (exact) mass is 348 g/mol. The molecule has 2 saturated heterocycles. The van der Waals surface area contributed by atoms with Crippen molar-refractivity contribution in [2.75, 3.05) is 39.4 Å². The Balaban J connectivity index is 1.43. The molecule has 3 atom stereocenters. The molecular weight excluding hydrogens is 323 g/mol. The fourth-order valence-corrected chi connectivity index (χ4v) is 4.32. The Morgan fingerprint density at radius 2 is 2.08 bits per heavy atom. The number of nitrogens with zero attached hydrogens (tertiary/aromatic N) is 2. The van der Waals surface area contributed by atoms with Crippen molar-refractivity contribution < 1.29 is 18.7 Å². The minimum Gasteiger partial charge on any atom is -0.480 e. The van der Waals surface area contributed by atoms with Crippen molar-refractivity contribution in [2.45, 2.75) is 31.9 Å². The van der Waals surface area contributed by atoms with Gasteiger partial charge < -0.3 is 14.4 Å². The number of ether oxygens (including phenoxy) is 2. The molecule has 5 nitrogen and oxygen atoms in total. The van der Waals surface area contributed by atoms with Crippen molar-refractivity contribution >= 4 is 5.91 Å². The summed E-state index contributed by atoms with van der Waals surface area (Å²) in [7, 11) is 0. The molecule has 3 heterocycles. The molecule has 25 heavy (non-hydrogen) atoms. The molecule has 136 valence electrons. The molecule has 1 amide bonds. The Hall–Kier alpha value is -1.66. The van der Waals surface area contributed by atoms with Gasteiger partial charge >= 0.3 is 0 Å². The van der Waals surface area contributed by atoms with Crippen LogP contribution in [0, 0.1) is 11.7 Å². The number of amides is 1. The predicted octanol–water partition coefficient (Wildman–Crippen LogP) is 1.70. The van der Waals surface area contributed by atoms with E-state index >= 15 is 0 Å². The SMILES string of the molecule is CC[C@@H]1CN(C(=O)[C@@H]2Cc3cc(F)ccc3O2)C[C@H]1N1CCOCC1. The average molecular weight is 348 g/mol. The lowest BCUT2D eigenvalue weighted by Crippen LogP contribution is -2.48. The lowest BCUT2D eigenvalue weighted by Gasteiger charge is -2.34. The van der Waals surface area contributed by atoms with Crippen LogP contribution in [0.3, 0.4) is 0 Å². The first kappa shape index (κ1) is 16.8. The number of benzene rings is 1. The zero-order valence-electron chi connectivity index (χ0n) is 14.6. The van der Waals surface area contributed by atoms with E-state index in [2.05, 4.69) is 11.8 Å². The summed E-state index contributed by atoms with van der Waals surface area (Å²) in [5.41, 5.74) is 0.786. The predicted molar refractivity (Wildman–Crippen MR) is 91.1 cm³/mol. The quantitative estimate of drug-likeness (QED) is 0.834. The Morgan fingerprint density at radius 1 is 1.28 bits per heavy atom. The molecule has 0 aromatic heterocycles. The number of hydrogen-bond donors (Lipinski definition) is 0. The number of likely N-dealkylation sites (tertiary alicyclic amines) is 1. The standard InChI is InChI=1S/C19H25FN2O3/c1-2-13-11-22(12-16(13)21-5-7-24-8-6-21)19(23)18-10-14-9-15(20)3-4-17(14)25-18/h3-4,9,13,16,18H,2,5-8,10-12H2,1H3/t13-,16-,18+/m1/s1. The topological polar surface area (TPSA) is 42.0 Å². The van der Waals surface area contributed by atoms with Crippen LogP contribution in [-0.2, 0) is 16.0 Å². The van der Waals surface area contributed by atoms with Gasteiger partial charge in [-0.15, -0.1) is 0 Å². The maximum Gasteiger partial charge on any atom is 0.264 e. The third-order valence-electron chi connectivity index (χ3n) is 5.73. The molecular formula is C19H25FN2O3. The summed E-state index contributed by atoms with van der Waals surface area (Å²) in [6, 6.07) is 4.87. The largest absolute Gasteiger partial charge is 0.480 e. The summed E-state index contributed by atoms with van der Waals surface area (Å²) in [6.45, 7) is 7.14. The van der Waals surface area contributed by atoms with Crippen LogP contribution in [0.1, 0.15) is 18.9 Å². The third kappa shape index (κ3) is 3.25. The van der Waals surface area contributed by atoms with Gasteiger partial charge in [-0.1, -0.05) is 13.3 Å². The molecule has 1 aromatic carbocycles. The van der Waals surface area contributed by atoms with Crippen LogP contribution >= 0.6 is 0 Å². The highest BCUT2D eigenvalue weighted by atomic mass is 19.1. The zero-order valence-corrected chi connectivity index (χ0v) is 14.6. The van der Waals surface area contributed by atoms with E-state index in [1.165, 1.54) is 12.1 Å². The molecule has 0 aliphatic carbocycles. The summed E-state index contributed by atoms with van der Waals surface area (Å²) >= 11 is 0. The number of rotatable bonds is 3. The van der Waals surface area contributed by atoms with E-state index in [4.69, 9.17) is 9.47 Å². The van der Waals surface area contributed by atoms with Crippen LogP contribution in [0.15, 0.2) is 18.2 Å². The number of carbonyl (C=O) groups is 1. The van der Waals surface area contributed by atoms with Crippen LogP contribution < -0.4 is 4.74 Å². The highest BCUT2D eigenvalue weighted by molar-refractivity contribution is 5.83. The average Bonchev–Trinajstić information content (AvgIpc) is 3.25. The molecule has 0 spiro atoms. The van der Waals surface area contributed by atoms with Gasteiger partial charge in [0.25, 0.3) is 5.91 Å². The van der Waals surface area contributed by atoms with Gasteiger partial charge in [0, 0.05) is 44.2 Å². The number of morpholine rings is 1. The van der Waals surface area contributed by atoms with E-state index in [0.29, 0.717) is 24.1 Å². The van der Waals surface area contributed by atoms with Crippen LogP contribution in [0.25, 0.3) is 0 Å². The van der Waals surface area contributed by atoms with E-state index < -0.39 is 6.10 Å². The molecule has 0 unspecified atom stereocenters. The fourth-order valence-electron chi connectivity index (χ4n) is 4.32. The van der Waals surface area contributed by atoms with Gasteiger partial charge in [-0.05, 0) is 24.1 Å². The van der Waals surface area contributed by atoms with Crippen molar-refractivity contribution in [1.29, 1.82) is 0 Å². The third-order valence-corrected chi connectivity index (χ3v) is 5.73. The van der Waals surface area contributed by atoms with Crippen molar-refractivity contribution in [1.82, 2.24) is 9.80 Å². The molecule has 3 aliphatic heterocycles. The summed E-state index contributed by atoms with van der Waals surface area (Å²) in [5.74, 6) is 0.875. The van der Waals surface area contributed by atoms with Gasteiger partial charge in [0.05, 0.1) is 13.2 Å². The summed E-state index contributed by atoms with van der Waals surface area (Å²) in [6.07, 6.45) is 1.00. The van der Waals surface area contributed by atoms with Crippen LogP contribution in [-0.4, -0.2) is 67.2 Å². The van der Waals surface area contributed by atoms with Gasteiger partial charge in [-0.3, -0.25) is 9.69 Å². The van der Waals surface area contributed by atoms with Crippen molar-refractivity contribution in [3.63, 3.8) is 0 Å².